The van der Waals surface area contributed by atoms with Crippen LogP contribution in [-0.4, -0.2) is 82.4 Å². The zero-order chi connectivity index (χ0) is 31.1. The highest BCUT2D eigenvalue weighted by Gasteiger charge is 2.39. The lowest BCUT2D eigenvalue weighted by Gasteiger charge is -2.39. The Balaban J connectivity index is 1.45. The molecule has 3 heterocycles. The maximum atomic E-state index is 14.3. The van der Waals surface area contributed by atoms with E-state index in [1.807, 2.05) is 0 Å². The Labute approximate surface area is 243 Å². The third kappa shape index (κ3) is 5.59. The average Bonchev–Trinajstić information content (AvgIpc) is 3.39. The molecule has 4 aromatic rings. The van der Waals surface area contributed by atoms with Crippen molar-refractivity contribution in [3.05, 3.63) is 76.6 Å². The van der Waals surface area contributed by atoms with Crippen LogP contribution in [0.4, 0.5) is 22.0 Å². The summed E-state index contributed by atoms with van der Waals surface area (Å²) in [4.78, 5) is 21.3. The fourth-order valence-corrected chi connectivity index (χ4v) is 5.45. The molecular formula is C29H28F5N5O4. The van der Waals surface area contributed by atoms with E-state index in [0.717, 1.165) is 12.3 Å². The van der Waals surface area contributed by atoms with E-state index in [4.69, 9.17) is 9.47 Å². The van der Waals surface area contributed by atoms with Gasteiger partial charge in [-0.1, -0.05) is 0 Å². The Kier molecular flexibility index (Phi) is 8.25. The van der Waals surface area contributed by atoms with Crippen LogP contribution < -0.4 is 9.47 Å². The number of halogens is 5. The summed E-state index contributed by atoms with van der Waals surface area (Å²) in [7, 11) is 2.71. The van der Waals surface area contributed by atoms with Crippen LogP contribution in [0.15, 0.2) is 42.6 Å². The Hall–Kier alpha value is -4.30. The molecule has 1 atom stereocenters. The number of rotatable bonds is 7. The monoisotopic (exact) mass is 605 g/mol. The largest absolute Gasteiger partial charge is 0.497 e. The van der Waals surface area contributed by atoms with E-state index in [0.29, 0.717) is 21.9 Å². The van der Waals surface area contributed by atoms with Crippen LogP contribution in [0.1, 0.15) is 33.2 Å². The van der Waals surface area contributed by atoms with Crippen molar-refractivity contribution in [2.24, 2.45) is 0 Å². The number of aromatic nitrogens is 3. The van der Waals surface area contributed by atoms with E-state index in [2.05, 4.69) is 10.1 Å². The number of methoxy groups -OCH3 is 2. The molecule has 0 saturated carbocycles. The molecule has 1 amide bonds. The SMILES string of the molecule is COc1ccc(-c2nc3c(C(=O)N4CCN([C@@H](CO)c5cc(F)cc(F)c5OC)CC4)cnn3c(C(F)(F)F)c2C)cc1. The topological polar surface area (TPSA) is 92.4 Å². The maximum Gasteiger partial charge on any atom is 0.433 e. The number of carbonyl (C=O) groups is 1. The van der Waals surface area contributed by atoms with E-state index in [-0.39, 0.29) is 60.0 Å². The van der Waals surface area contributed by atoms with Gasteiger partial charge in [0.2, 0.25) is 0 Å². The van der Waals surface area contributed by atoms with Gasteiger partial charge in [-0.25, -0.2) is 18.3 Å². The lowest BCUT2D eigenvalue weighted by molar-refractivity contribution is -0.143. The van der Waals surface area contributed by atoms with Crippen LogP contribution in [0, 0.1) is 18.6 Å². The number of nitrogens with zero attached hydrogens (tertiary/aromatic N) is 5. The number of amides is 1. The summed E-state index contributed by atoms with van der Waals surface area (Å²) < 4.78 is 82.0. The number of fused-ring (bicyclic) bond motifs is 1. The molecule has 0 radical (unpaired) electrons. The smallest absolute Gasteiger partial charge is 0.433 e. The molecule has 228 valence electrons. The third-order valence-electron chi connectivity index (χ3n) is 7.56. The van der Waals surface area contributed by atoms with Crippen molar-refractivity contribution in [2.45, 2.75) is 19.1 Å². The third-order valence-corrected chi connectivity index (χ3v) is 7.56. The molecule has 1 fully saturated rings. The summed E-state index contributed by atoms with van der Waals surface area (Å²) in [5.41, 5.74) is -0.988. The fraction of sp³-hybridized carbons (Fsp3) is 0.345. The molecular weight excluding hydrogens is 577 g/mol. The predicted molar refractivity (Wildman–Crippen MR) is 145 cm³/mol. The zero-order valence-electron chi connectivity index (χ0n) is 23.5. The zero-order valence-corrected chi connectivity index (χ0v) is 23.5. The van der Waals surface area contributed by atoms with Crippen LogP contribution >= 0.6 is 0 Å². The Morgan fingerprint density at radius 2 is 1.72 bits per heavy atom. The van der Waals surface area contributed by atoms with E-state index in [1.165, 1.54) is 26.0 Å². The minimum Gasteiger partial charge on any atom is -0.497 e. The number of aliphatic hydroxyl groups is 1. The van der Waals surface area contributed by atoms with Crippen LogP contribution in [0.3, 0.4) is 0 Å². The quantitative estimate of drug-likeness (QED) is 0.310. The Morgan fingerprint density at radius 3 is 2.30 bits per heavy atom. The molecule has 1 aliphatic heterocycles. The highest BCUT2D eigenvalue weighted by Crippen LogP contribution is 2.37. The highest BCUT2D eigenvalue weighted by atomic mass is 19.4. The summed E-state index contributed by atoms with van der Waals surface area (Å²) in [5.74, 6) is -1.99. The molecule has 2 aromatic heterocycles. The van der Waals surface area contributed by atoms with Gasteiger partial charge in [0.05, 0.1) is 38.8 Å². The molecule has 0 aliphatic carbocycles. The molecule has 1 saturated heterocycles. The van der Waals surface area contributed by atoms with Crippen molar-refractivity contribution < 1.29 is 41.3 Å². The van der Waals surface area contributed by atoms with Gasteiger partial charge in [0.1, 0.15) is 17.1 Å². The van der Waals surface area contributed by atoms with Gasteiger partial charge in [-0.05, 0) is 37.3 Å². The minimum absolute atomic E-state index is 0.0453. The Bertz CT molecular complexity index is 1650. The minimum atomic E-state index is -4.79. The molecule has 43 heavy (non-hydrogen) atoms. The first kappa shape index (κ1) is 30.2. The molecule has 1 aliphatic rings. The second-order valence-electron chi connectivity index (χ2n) is 9.99. The predicted octanol–water partition coefficient (Wildman–Crippen LogP) is 4.51. The summed E-state index contributed by atoms with van der Waals surface area (Å²) in [6.45, 7) is 1.48. The number of hydrogen-bond donors (Lipinski definition) is 1. The van der Waals surface area contributed by atoms with E-state index in [1.54, 1.807) is 29.2 Å². The van der Waals surface area contributed by atoms with Crippen molar-refractivity contribution in [1.82, 2.24) is 24.4 Å². The van der Waals surface area contributed by atoms with Crippen LogP contribution in [-0.2, 0) is 6.18 Å². The van der Waals surface area contributed by atoms with Crippen molar-refractivity contribution in [2.75, 3.05) is 47.0 Å². The molecule has 1 N–H and O–H groups in total. The molecule has 0 bridgehead atoms. The van der Waals surface area contributed by atoms with Gasteiger partial charge in [0, 0.05) is 48.9 Å². The lowest BCUT2D eigenvalue weighted by atomic mass is 10.0. The van der Waals surface area contributed by atoms with Crippen LogP contribution in [0.2, 0.25) is 0 Å². The molecule has 0 spiro atoms. The first-order valence-electron chi connectivity index (χ1n) is 13.3. The summed E-state index contributed by atoms with van der Waals surface area (Å²) >= 11 is 0. The van der Waals surface area contributed by atoms with Crippen molar-refractivity contribution >= 4 is 11.6 Å². The molecule has 0 unspecified atom stereocenters. The van der Waals surface area contributed by atoms with E-state index in [9.17, 15) is 31.9 Å². The van der Waals surface area contributed by atoms with Crippen LogP contribution in [0.5, 0.6) is 11.5 Å². The van der Waals surface area contributed by atoms with Gasteiger partial charge in [0.25, 0.3) is 5.91 Å². The number of aliphatic hydroxyl groups excluding tert-OH is 1. The van der Waals surface area contributed by atoms with Gasteiger partial charge < -0.3 is 19.5 Å². The molecule has 9 nitrogen and oxygen atoms in total. The number of benzene rings is 2. The standard InChI is InChI=1S/C29H28F5N5O4/c1-16-24(17-4-6-19(42-2)7-5-17)36-27-21(14-35-39(27)26(16)29(32,33)34)28(41)38-10-8-37(9-11-38)23(15-40)20-12-18(30)13-22(31)25(20)43-3/h4-7,12-14,23,40H,8-11,15H2,1-3H3/t23-/m0/s1. The van der Waals surface area contributed by atoms with Gasteiger partial charge >= 0.3 is 6.18 Å². The molecule has 2 aromatic carbocycles. The van der Waals surface area contributed by atoms with Gasteiger partial charge in [-0.3, -0.25) is 9.69 Å². The number of hydrogen-bond acceptors (Lipinski definition) is 7. The van der Waals surface area contributed by atoms with Gasteiger partial charge in [-0.15, -0.1) is 0 Å². The summed E-state index contributed by atoms with van der Waals surface area (Å²) in [6, 6.07) is 7.32. The van der Waals surface area contributed by atoms with Gasteiger partial charge in [-0.2, -0.15) is 18.3 Å². The fourth-order valence-electron chi connectivity index (χ4n) is 5.45. The normalized spacial score (nSPS) is 15.1. The maximum absolute atomic E-state index is 14.3. The van der Waals surface area contributed by atoms with E-state index < -0.39 is 42.1 Å². The van der Waals surface area contributed by atoms with Crippen molar-refractivity contribution in [1.29, 1.82) is 0 Å². The first-order valence-corrected chi connectivity index (χ1v) is 13.3. The number of ether oxygens (including phenoxy) is 2. The average molecular weight is 606 g/mol. The van der Waals surface area contributed by atoms with Crippen molar-refractivity contribution in [3.63, 3.8) is 0 Å². The number of alkyl halides is 3. The number of carbonyl (C=O) groups excluding carboxylic acids is 1. The van der Waals surface area contributed by atoms with Crippen molar-refractivity contribution in [3.8, 4) is 22.8 Å². The second kappa shape index (κ2) is 11.8. The summed E-state index contributed by atoms with van der Waals surface area (Å²) in [5, 5.41) is 14.0. The molecule has 5 rings (SSSR count). The lowest BCUT2D eigenvalue weighted by Crippen LogP contribution is -2.50. The van der Waals surface area contributed by atoms with Crippen LogP contribution in [0.25, 0.3) is 16.9 Å². The van der Waals surface area contributed by atoms with Gasteiger partial charge in [0.15, 0.2) is 22.9 Å². The number of piperazine rings is 1. The second-order valence-corrected chi connectivity index (χ2v) is 9.99. The first-order chi connectivity index (χ1) is 20.5. The Morgan fingerprint density at radius 1 is 1.05 bits per heavy atom. The molecule has 14 heteroatoms. The summed E-state index contributed by atoms with van der Waals surface area (Å²) in [6.07, 6.45) is -3.72. The van der Waals surface area contributed by atoms with E-state index >= 15 is 0 Å². The highest BCUT2D eigenvalue weighted by molar-refractivity contribution is 6.00.